The minimum absolute atomic E-state index is 0.0903. The molecule has 178 valence electrons. The zero-order valence-corrected chi connectivity index (χ0v) is 22.7. The molecular weight excluding hydrogens is 490 g/mol. The molecule has 32 heavy (non-hydrogen) atoms. The number of aromatic nitrogens is 2. The first-order chi connectivity index (χ1) is 15.0. The molecule has 0 bridgehead atoms. The van der Waals surface area contributed by atoms with Crippen molar-refractivity contribution in [3.63, 3.8) is 0 Å². The summed E-state index contributed by atoms with van der Waals surface area (Å²) in [5.74, 6) is 0. The molecule has 1 amide bonds. The number of alkyl carbamates (subject to hydrolysis) is 1. The molecule has 0 saturated heterocycles. The minimum Gasteiger partial charge on any atom is -0.446 e. The number of nitrogens with one attached hydrogen (secondary N) is 1. The second-order valence-electron chi connectivity index (χ2n) is 9.83. The number of nitrogens with zero attached hydrogens (tertiary/aromatic N) is 2. The van der Waals surface area contributed by atoms with Gasteiger partial charge in [-0.15, -0.1) is 0 Å². The molecule has 0 spiro atoms. The van der Waals surface area contributed by atoms with Gasteiger partial charge < -0.3 is 18.8 Å². The lowest BCUT2D eigenvalue weighted by Gasteiger charge is -2.45. The van der Waals surface area contributed by atoms with Crippen LogP contribution in [-0.2, 0) is 15.1 Å². The van der Waals surface area contributed by atoms with E-state index in [-0.39, 0.29) is 12.8 Å². The quantitative estimate of drug-likeness (QED) is 0.350. The third kappa shape index (κ3) is 4.13. The SMILES string of the molecule is COCNC(=O)OC1CC(O)(c2c(Br)cnc3c2ccn3[Si](C(C)C)(C(C)C)C(C)C)C1. The molecule has 1 aliphatic carbocycles. The van der Waals surface area contributed by atoms with Gasteiger partial charge in [0.2, 0.25) is 0 Å². The molecule has 1 aliphatic rings. The zero-order chi connectivity index (χ0) is 23.8. The van der Waals surface area contributed by atoms with E-state index >= 15 is 0 Å². The van der Waals surface area contributed by atoms with Crippen LogP contribution in [0.3, 0.4) is 0 Å². The van der Waals surface area contributed by atoms with E-state index in [9.17, 15) is 9.90 Å². The molecule has 1 fully saturated rings. The normalized spacial score (nSPS) is 21.4. The summed E-state index contributed by atoms with van der Waals surface area (Å²) in [6.45, 7) is 14.1. The van der Waals surface area contributed by atoms with E-state index in [4.69, 9.17) is 14.5 Å². The number of rotatable bonds is 8. The number of carbonyl (C=O) groups is 1. The van der Waals surface area contributed by atoms with Gasteiger partial charge in [-0.3, -0.25) is 5.32 Å². The summed E-state index contributed by atoms with van der Waals surface area (Å²) in [5.41, 5.74) is 2.28. The lowest BCUT2D eigenvalue weighted by Crippen LogP contribution is -2.51. The lowest BCUT2D eigenvalue weighted by molar-refractivity contribution is -0.121. The van der Waals surface area contributed by atoms with E-state index in [2.05, 4.69) is 79.3 Å². The van der Waals surface area contributed by atoms with Crippen LogP contribution in [0.15, 0.2) is 22.9 Å². The number of carbonyl (C=O) groups excluding carboxylic acids is 1. The summed E-state index contributed by atoms with van der Waals surface area (Å²) in [6, 6.07) is 2.09. The van der Waals surface area contributed by atoms with Gasteiger partial charge in [-0.05, 0) is 44.8 Å². The van der Waals surface area contributed by atoms with E-state index < -0.39 is 19.9 Å². The number of ether oxygens (including phenoxy) is 2. The Morgan fingerprint density at radius 2 is 1.88 bits per heavy atom. The fourth-order valence-electron chi connectivity index (χ4n) is 5.99. The fourth-order valence-corrected chi connectivity index (χ4v) is 13.2. The second-order valence-corrected chi connectivity index (χ2v) is 16.4. The first kappa shape index (κ1) is 25.2. The molecule has 7 nitrogen and oxygen atoms in total. The highest BCUT2D eigenvalue weighted by Gasteiger charge is 2.50. The van der Waals surface area contributed by atoms with Crippen LogP contribution in [0, 0.1) is 0 Å². The van der Waals surface area contributed by atoms with Crippen molar-refractivity contribution in [1.29, 1.82) is 0 Å². The lowest BCUT2D eigenvalue weighted by atomic mass is 9.72. The van der Waals surface area contributed by atoms with Gasteiger partial charge >= 0.3 is 6.09 Å². The third-order valence-corrected chi connectivity index (χ3v) is 14.4. The van der Waals surface area contributed by atoms with Gasteiger partial charge in [0.25, 0.3) is 0 Å². The Labute approximate surface area is 200 Å². The number of methoxy groups -OCH3 is 1. The van der Waals surface area contributed by atoms with Gasteiger partial charge in [-0.1, -0.05) is 41.5 Å². The monoisotopic (exact) mass is 525 g/mol. The van der Waals surface area contributed by atoms with Crippen molar-refractivity contribution in [1.82, 2.24) is 14.5 Å². The number of aliphatic hydroxyl groups is 1. The number of halogens is 1. The maximum Gasteiger partial charge on any atom is 0.409 e. The summed E-state index contributed by atoms with van der Waals surface area (Å²) in [7, 11) is -0.492. The topological polar surface area (TPSA) is 85.6 Å². The highest BCUT2D eigenvalue weighted by molar-refractivity contribution is 9.10. The van der Waals surface area contributed by atoms with Crippen molar-refractivity contribution in [3.8, 4) is 0 Å². The highest BCUT2D eigenvalue weighted by atomic mass is 79.9. The molecular formula is C23H36BrN3O4Si. The van der Waals surface area contributed by atoms with Gasteiger partial charge in [-0.25, -0.2) is 9.78 Å². The smallest absolute Gasteiger partial charge is 0.409 e. The van der Waals surface area contributed by atoms with Crippen LogP contribution in [0.2, 0.25) is 16.6 Å². The van der Waals surface area contributed by atoms with Crippen LogP contribution >= 0.6 is 15.9 Å². The van der Waals surface area contributed by atoms with E-state index in [0.29, 0.717) is 29.5 Å². The number of pyridine rings is 1. The van der Waals surface area contributed by atoms with Crippen LogP contribution in [0.1, 0.15) is 59.9 Å². The average molecular weight is 527 g/mol. The van der Waals surface area contributed by atoms with Crippen molar-refractivity contribution < 1.29 is 19.4 Å². The van der Waals surface area contributed by atoms with Gasteiger partial charge in [0, 0.05) is 41.6 Å². The number of amides is 1. The van der Waals surface area contributed by atoms with Crippen molar-refractivity contribution in [2.45, 2.75) is 82.7 Å². The second kappa shape index (κ2) is 9.44. The Hall–Kier alpha value is -1.42. The largest absolute Gasteiger partial charge is 0.446 e. The summed E-state index contributed by atoms with van der Waals surface area (Å²) >= 11 is 3.62. The molecule has 2 heterocycles. The molecule has 2 N–H and O–H groups in total. The molecule has 0 radical (unpaired) electrons. The van der Waals surface area contributed by atoms with Gasteiger partial charge in [0.1, 0.15) is 18.5 Å². The van der Waals surface area contributed by atoms with Crippen molar-refractivity contribution in [2.75, 3.05) is 13.8 Å². The van der Waals surface area contributed by atoms with Crippen LogP contribution in [0.4, 0.5) is 4.79 Å². The predicted molar refractivity (Wildman–Crippen MR) is 132 cm³/mol. The van der Waals surface area contributed by atoms with Crippen LogP contribution in [-0.4, -0.2) is 48.6 Å². The van der Waals surface area contributed by atoms with Gasteiger partial charge in [-0.2, -0.15) is 0 Å². The summed E-state index contributed by atoms with van der Waals surface area (Å²) < 4.78 is 13.4. The van der Waals surface area contributed by atoms with E-state index in [1.165, 1.54) is 7.11 Å². The predicted octanol–water partition coefficient (Wildman–Crippen LogP) is 5.50. The molecule has 2 aromatic heterocycles. The standard InChI is InChI=1S/C23H36BrN3O4Si/c1-14(2)32(15(3)4,16(5)6)27-9-8-18-20(19(24)12-25-21(18)27)23(29)10-17(11-23)31-22(28)26-13-30-7/h8-9,12,14-17,29H,10-11,13H2,1-7H3,(H,26,28). The molecule has 0 atom stereocenters. The Morgan fingerprint density at radius 1 is 1.28 bits per heavy atom. The van der Waals surface area contributed by atoms with Gasteiger partial charge in [0.05, 0.1) is 5.60 Å². The van der Waals surface area contributed by atoms with E-state index in [1.54, 1.807) is 6.20 Å². The molecule has 1 saturated carbocycles. The van der Waals surface area contributed by atoms with Crippen LogP contribution in [0.5, 0.6) is 0 Å². The highest BCUT2D eigenvalue weighted by Crippen LogP contribution is 2.49. The number of hydrogen-bond acceptors (Lipinski definition) is 5. The van der Waals surface area contributed by atoms with Gasteiger partial charge in [0.15, 0.2) is 8.24 Å². The maximum absolute atomic E-state index is 11.8. The Morgan fingerprint density at radius 3 is 2.41 bits per heavy atom. The Balaban J connectivity index is 1.99. The first-order valence-electron chi connectivity index (χ1n) is 11.3. The van der Waals surface area contributed by atoms with E-state index in [0.717, 1.165) is 21.1 Å². The van der Waals surface area contributed by atoms with Crippen molar-refractivity contribution in [3.05, 3.63) is 28.5 Å². The van der Waals surface area contributed by atoms with Crippen LogP contribution < -0.4 is 5.32 Å². The number of hydrogen-bond donors (Lipinski definition) is 2. The van der Waals surface area contributed by atoms with Crippen molar-refractivity contribution >= 4 is 41.3 Å². The van der Waals surface area contributed by atoms with Crippen molar-refractivity contribution in [2.24, 2.45) is 0 Å². The zero-order valence-electron chi connectivity index (χ0n) is 20.1. The summed E-state index contributed by atoms with van der Waals surface area (Å²) in [6.07, 6.45) is 3.78. The molecule has 2 aromatic rings. The van der Waals surface area contributed by atoms with Crippen LogP contribution in [0.25, 0.3) is 11.0 Å². The Kier molecular flexibility index (Phi) is 7.44. The molecule has 3 rings (SSSR count). The third-order valence-electron chi connectivity index (χ3n) is 7.09. The maximum atomic E-state index is 11.8. The Bertz CT molecular complexity index is 948. The summed E-state index contributed by atoms with van der Waals surface area (Å²) in [4.78, 5) is 16.6. The molecule has 0 unspecified atom stereocenters. The first-order valence-corrected chi connectivity index (χ1v) is 14.3. The molecule has 0 aromatic carbocycles. The minimum atomic E-state index is -1.99. The summed E-state index contributed by atoms with van der Waals surface area (Å²) in [5, 5.41) is 14.9. The molecule has 0 aliphatic heterocycles. The molecule has 9 heteroatoms. The average Bonchev–Trinajstić information content (AvgIpc) is 3.08. The number of fused-ring (bicyclic) bond motifs is 1. The van der Waals surface area contributed by atoms with E-state index in [1.807, 2.05) is 0 Å². The fraction of sp³-hybridized carbons (Fsp3) is 0.652.